The van der Waals surface area contributed by atoms with E-state index in [2.05, 4.69) is 102 Å². The Bertz CT molecular complexity index is 2090. The SMILES string of the molecule is CC(C)(C)Cc1c2c([c-]c3ccccc13)-c1nccc3c1c(cc1c(CC(C)(C)C)cccc13)S2.CCC(CC)C(=O)/C=C(\O)C(C)(CC)CC.[Ir]. The fraction of sp³-hybridized carbons (Fsp3) is 0.447. The predicted molar refractivity (Wildman–Crippen MR) is 220 cm³/mol. The molecule has 0 aliphatic carbocycles. The van der Waals surface area contributed by atoms with Crippen molar-refractivity contribution in [3.05, 3.63) is 89.8 Å². The molecule has 0 spiro atoms. The molecule has 1 aromatic heterocycles. The summed E-state index contributed by atoms with van der Waals surface area (Å²) < 4.78 is 0. The van der Waals surface area contributed by atoms with Crippen LogP contribution in [-0.2, 0) is 37.7 Å². The van der Waals surface area contributed by atoms with Crippen LogP contribution in [0.1, 0.15) is 113 Å². The van der Waals surface area contributed by atoms with Gasteiger partial charge >= 0.3 is 0 Å². The molecule has 1 radical (unpaired) electrons. The minimum absolute atomic E-state index is 0. The Morgan fingerprint density at radius 3 is 2.08 bits per heavy atom. The van der Waals surface area contributed by atoms with E-state index in [-0.39, 0.29) is 53.8 Å². The van der Waals surface area contributed by atoms with Gasteiger partial charge in [-0.1, -0.05) is 129 Å². The van der Waals surface area contributed by atoms with Gasteiger partial charge in [-0.05, 0) is 93.5 Å². The molecule has 1 aliphatic rings. The molecule has 5 heteroatoms. The van der Waals surface area contributed by atoms with Gasteiger partial charge in [0, 0.05) is 54.3 Å². The van der Waals surface area contributed by atoms with Crippen molar-refractivity contribution >= 4 is 49.9 Å². The summed E-state index contributed by atoms with van der Waals surface area (Å²) in [6.45, 7) is 24.1. The van der Waals surface area contributed by atoms with Crippen LogP contribution in [0.4, 0.5) is 0 Å². The van der Waals surface area contributed by atoms with Crippen LogP contribution in [0.2, 0.25) is 0 Å². The maximum absolute atomic E-state index is 11.9. The van der Waals surface area contributed by atoms with Crippen LogP contribution < -0.4 is 0 Å². The number of aliphatic hydroxyl groups excluding tert-OH is 1. The molecule has 279 valence electrons. The topological polar surface area (TPSA) is 50.2 Å². The number of carbonyl (C=O) groups excluding carboxylic acids is 1. The van der Waals surface area contributed by atoms with E-state index >= 15 is 0 Å². The second kappa shape index (κ2) is 16.6. The molecule has 5 aromatic rings. The number of pyridine rings is 1. The summed E-state index contributed by atoms with van der Waals surface area (Å²) in [6, 6.07) is 24.0. The number of carbonyl (C=O) groups is 1. The monoisotopic (exact) mass is 893 g/mol. The zero-order chi connectivity index (χ0) is 37.3. The number of benzene rings is 4. The molecule has 0 unspecified atom stereocenters. The number of rotatable bonds is 9. The largest absolute Gasteiger partial charge is 0.512 e. The number of hydrogen-bond acceptors (Lipinski definition) is 4. The molecule has 6 rings (SSSR count). The standard InChI is InChI=1S/C33H32NS.C14H26O2.Ir/c1-32(2,3)18-21-11-9-13-23-24-14-15-34-30-26-16-20-10-7-8-12-22(20)27(19-33(4,5)6)31(26)35-28(29(24)30)17-25(21)23;1-6-11(7-2)12(15)10-13(16)14(5,8-3)9-4;/h7-15,17H,18-19H2,1-6H3;10-11,16H,6-9H2,1-5H3;/q-1;;/b;13-10-;. The van der Waals surface area contributed by atoms with Crippen molar-refractivity contribution in [2.75, 3.05) is 0 Å². The molecule has 1 aliphatic heterocycles. The van der Waals surface area contributed by atoms with Crippen LogP contribution in [0.15, 0.2) is 82.4 Å². The van der Waals surface area contributed by atoms with E-state index in [1.807, 2.05) is 52.6 Å². The maximum Gasteiger partial charge on any atom is 0.162 e. The van der Waals surface area contributed by atoms with Gasteiger partial charge in [0.2, 0.25) is 0 Å². The molecule has 3 nitrogen and oxygen atoms in total. The number of aliphatic hydroxyl groups is 1. The molecule has 0 saturated heterocycles. The minimum Gasteiger partial charge on any atom is -0.512 e. The molecule has 2 heterocycles. The normalized spacial score (nSPS) is 13.2. The third kappa shape index (κ3) is 8.86. The number of aromatic nitrogens is 1. The minimum atomic E-state index is -0.248. The molecule has 0 amide bonds. The van der Waals surface area contributed by atoms with Gasteiger partial charge in [-0.15, -0.1) is 29.3 Å². The second-order valence-electron chi connectivity index (χ2n) is 17.1. The number of fused-ring (bicyclic) bond motifs is 5. The van der Waals surface area contributed by atoms with Gasteiger partial charge in [0.1, 0.15) is 5.76 Å². The Balaban J connectivity index is 0.000000305. The van der Waals surface area contributed by atoms with Gasteiger partial charge in [0.15, 0.2) is 5.78 Å². The summed E-state index contributed by atoms with van der Waals surface area (Å²) in [4.78, 5) is 19.5. The first-order valence-electron chi connectivity index (χ1n) is 19.0. The molecule has 0 fully saturated rings. The van der Waals surface area contributed by atoms with Crippen molar-refractivity contribution in [1.29, 1.82) is 0 Å². The van der Waals surface area contributed by atoms with Crippen molar-refractivity contribution in [2.45, 2.75) is 124 Å². The van der Waals surface area contributed by atoms with E-state index in [0.29, 0.717) is 0 Å². The number of hydrogen-bond donors (Lipinski definition) is 1. The molecule has 0 bridgehead atoms. The Kier molecular flexibility index (Phi) is 13.3. The molecule has 52 heavy (non-hydrogen) atoms. The van der Waals surface area contributed by atoms with Gasteiger partial charge in [-0.25, -0.2) is 0 Å². The number of allylic oxidation sites excluding steroid dienone is 2. The Morgan fingerprint density at radius 2 is 1.46 bits per heavy atom. The van der Waals surface area contributed by atoms with Gasteiger partial charge < -0.3 is 5.11 Å². The van der Waals surface area contributed by atoms with Crippen molar-refractivity contribution in [2.24, 2.45) is 22.2 Å². The van der Waals surface area contributed by atoms with Gasteiger partial charge in [0.05, 0.1) is 0 Å². The molecule has 1 N–H and O–H groups in total. The van der Waals surface area contributed by atoms with Crippen molar-refractivity contribution < 1.29 is 30.0 Å². The second-order valence-corrected chi connectivity index (χ2v) is 18.2. The average Bonchev–Trinajstić information content (AvgIpc) is 3.08. The van der Waals surface area contributed by atoms with E-state index in [9.17, 15) is 9.90 Å². The van der Waals surface area contributed by atoms with E-state index in [1.54, 1.807) is 0 Å². The van der Waals surface area contributed by atoms with Crippen molar-refractivity contribution in [3.63, 3.8) is 0 Å². The summed E-state index contributed by atoms with van der Waals surface area (Å²) in [7, 11) is 0. The van der Waals surface area contributed by atoms with E-state index in [4.69, 9.17) is 4.98 Å². The first-order valence-corrected chi connectivity index (χ1v) is 19.8. The molecular formula is C47H58IrNO2S-. The summed E-state index contributed by atoms with van der Waals surface area (Å²) in [5.74, 6) is 0.366. The molecule has 0 atom stereocenters. The zero-order valence-electron chi connectivity index (χ0n) is 33.2. The third-order valence-electron chi connectivity index (χ3n) is 10.7. The van der Waals surface area contributed by atoms with Gasteiger partial charge in [-0.3, -0.25) is 9.78 Å². The van der Waals surface area contributed by atoms with Crippen LogP contribution in [0, 0.1) is 28.2 Å². The molecule has 0 saturated carbocycles. The van der Waals surface area contributed by atoms with Crippen LogP contribution in [0.3, 0.4) is 0 Å². The molecule has 4 aromatic carbocycles. The summed E-state index contributed by atoms with van der Waals surface area (Å²) in [5.41, 5.74) is 5.27. The quantitative estimate of drug-likeness (QED) is 0.0680. The Hall–Kier alpha value is -2.98. The van der Waals surface area contributed by atoms with Crippen LogP contribution in [0.25, 0.3) is 43.6 Å². The summed E-state index contributed by atoms with van der Waals surface area (Å²) >= 11 is 1.93. The van der Waals surface area contributed by atoms with Gasteiger partial charge in [-0.2, -0.15) is 0 Å². The van der Waals surface area contributed by atoms with Gasteiger partial charge in [0.25, 0.3) is 0 Å². The third-order valence-corrected chi connectivity index (χ3v) is 11.9. The predicted octanol–water partition coefficient (Wildman–Crippen LogP) is 13.9. The smallest absolute Gasteiger partial charge is 0.162 e. The summed E-state index contributed by atoms with van der Waals surface area (Å²) in [5, 5.41) is 17.8. The van der Waals surface area contributed by atoms with Crippen LogP contribution in [-0.4, -0.2) is 15.9 Å². The number of nitrogens with zero attached hydrogens (tertiary/aromatic N) is 1. The van der Waals surface area contributed by atoms with Crippen molar-refractivity contribution in [1.82, 2.24) is 4.98 Å². The van der Waals surface area contributed by atoms with E-state index in [1.165, 1.54) is 59.3 Å². The summed E-state index contributed by atoms with van der Waals surface area (Å²) in [6.07, 6.45) is 8.90. The zero-order valence-corrected chi connectivity index (χ0v) is 36.4. The maximum atomic E-state index is 11.9. The average molecular weight is 893 g/mol. The fourth-order valence-corrected chi connectivity index (χ4v) is 8.56. The Labute approximate surface area is 330 Å². The Morgan fingerprint density at radius 1 is 0.827 bits per heavy atom. The first kappa shape index (κ1) is 41.8. The number of ketones is 1. The first-order chi connectivity index (χ1) is 24.0. The van der Waals surface area contributed by atoms with E-state index in [0.717, 1.165) is 49.8 Å². The molecular weight excluding hydrogens is 835 g/mol. The van der Waals surface area contributed by atoms with Crippen LogP contribution >= 0.6 is 11.8 Å². The van der Waals surface area contributed by atoms with E-state index < -0.39 is 0 Å². The van der Waals surface area contributed by atoms with Crippen LogP contribution in [0.5, 0.6) is 0 Å². The fourth-order valence-electron chi connectivity index (χ4n) is 7.30. The van der Waals surface area contributed by atoms with Crippen molar-refractivity contribution in [3.8, 4) is 11.3 Å².